The van der Waals surface area contributed by atoms with E-state index in [0.717, 1.165) is 18.3 Å². The number of amides is 2. The van der Waals surface area contributed by atoms with Crippen molar-refractivity contribution >= 4 is 11.8 Å². The highest BCUT2D eigenvalue weighted by atomic mass is 19.1. The summed E-state index contributed by atoms with van der Waals surface area (Å²) >= 11 is 0. The normalized spacial score (nSPS) is 20.1. The molecule has 0 spiro atoms. The number of halogens is 3. The zero-order valence-corrected chi connectivity index (χ0v) is 17.1. The summed E-state index contributed by atoms with van der Waals surface area (Å²) in [6.45, 7) is 0.811. The maximum Gasteiger partial charge on any atom is 0.278 e. The molecule has 0 saturated carbocycles. The number of aromatic hydroxyl groups is 1. The number of hydrogen-bond donors (Lipinski definition) is 2. The molecule has 0 radical (unpaired) electrons. The molecule has 1 aromatic heterocycles. The lowest BCUT2D eigenvalue weighted by Gasteiger charge is -2.41. The van der Waals surface area contributed by atoms with Gasteiger partial charge in [0.25, 0.3) is 11.8 Å². The molecule has 0 aliphatic carbocycles. The zero-order valence-electron chi connectivity index (χ0n) is 17.1. The van der Waals surface area contributed by atoms with E-state index in [0.29, 0.717) is 18.9 Å². The Hall–Kier alpha value is -3.50. The third kappa shape index (κ3) is 3.57. The molecule has 2 atom stereocenters. The average molecular weight is 450 g/mol. The van der Waals surface area contributed by atoms with Gasteiger partial charge < -0.3 is 15.3 Å². The Bertz CT molecular complexity index is 1150. The molecule has 11 heteroatoms. The van der Waals surface area contributed by atoms with Crippen LogP contribution in [-0.2, 0) is 6.54 Å². The average Bonchev–Trinajstić information content (AvgIpc) is 2.90. The van der Waals surface area contributed by atoms with E-state index in [2.05, 4.69) is 5.32 Å². The summed E-state index contributed by atoms with van der Waals surface area (Å²) in [6.07, 6.45) is 2.11. The molecule has 2 aromatic rings. The fourth-order valence-corrected chi connectivity index (χ4v) is 4.04. The molecule has 8 nitrogen and oxygen atoms in total. The molecular weight excluding hydrogens is 429 g/mol. The van der Waals surface area contributed by atoms with E-state index in [1.54, 1.807) is 5.01 Å². The molecule has 3 heterocycles. The number of carbonyl (C=O) groups is 2. The van der Waals surface area contributed by atoms with Crippen molar-refractivity contribution in [3.05, 3.63) is 63.1 Å². The first-order valence-electron chi connectivity index (χ1n) is 10.1. The molecule has 2 aliphatic rings. The van der Waals surface area contributed by atoms with Gasteiger partial charge in [-0.1, -0.05) is 6.07 Å². The predicted molar refractivity (Wildman–Crippen MR) is 108 cm³/mol. The van der Waals surface area contributed by atoms with Crippen LogP contribution < -0.4 is 15.8 Å². The number of pyridine rings is 1. The Labute approximate surface area is 180 Å². The topological polar surface area (TPSA) is 94.9 Å². The van der Waals surface area contributed by atoms with E-state index < -0.39 is 52.9 Å². The van der Waals surface area contributed by atoms with Gasteiger partial charge in [0, 0.05) is 30.4 Å². The van der Waals surface area contributed by atoms with Gasteiger partial charge in [0.15, 0.2) is 11.4 Å². The van der Waals surface area contributed by atoms with Gasteiger partial charge in [-0.15, -0.1) is 0 Å². The molecular formula is C21H21F3N4O4. The van der Waals surface area contributed by atoms with Crippen LogP contribution in [0.2, 0.25) is 0 Å². The lowest BCUT2D eigenvalue weighted by atomic mass is 10.1. The van der Waals surface area contributed by atoms with Crippen LogP contribution in [0.15, 0.2) is 29.2 Å². The van der Waals surface area contributed by atoms with E-state index in [9.17, 15) is 32.7 Å². The Kier molecular flexibility index (Phi) is 5.57. The summed E-state index contributed by atoms with van der Waals surface area (Å²) in [5.41, 5.74) is -1.86. The number of nitrogens with one attached hydrogen (secondary N) is 1. The summed E-state index contributed by atoms with van der Waals surface area (Å²) in [5, 5.41) is 14.5. The standard InChI is InChI=1S/C21H21F3N4O4/c1-11-2-5-14(7-22)26-10-28(11)27-9-15(18(29)19(30)17(27)21(26)32)20(31)25-8-12-3-4-13(23)6-16(12)24/h3-4,6,9,11,14,30H,2,5,7-8,10H2,1H3,(H,25,31)/t11-,14-/m1/s1. The number of benzene rings is 1. The van der Waals surface area contributed by atoms with Crippen molar-refractivity contribution < 1.29 is 27.9 Å². The maximum absolute atomic E-state index is 13.8. The zero-order chi connectivity index (χ0) is 23.2. The van der Waals surface area contributed by atoms with E-state index in [1.165, 1.54) is 9.58 Å². The number of carbonyl (C=O) groups excluding carboxylic acids is 2. The van der Waals surface area contributed by atoms with Crippen molar-refractivity contribution in [3.8, 4) is 5.75 Å². The van der Waals surface area contributed by atoms with E-state index in [4.69, 9.17) is 0 Å². The van der Waals surface area contributed by atoms with Crippen molar-refractivity contribution in [1.82, 2.24) is 14.9 Å². The van der Waals surface area contributed by atoms with Gasteiger partial charge in [0.1, 0.15) is 30.5 Å². The van der Waals surface area contributed by atoms with Gasteiger partial charge in [-0.25, -0.2) is 13.2 Å². The van der Waals surface area contributed by atoms with Crippen molar-refractivity contribution in [2.75, 3.05) is 18.4 Å². The van der Waals surface area contributed by atoms with Gasteiger partial charge in [-0.05, 0) is 25.8 Å². The minimum Gasteiger partial charge on any atom is -0.502 e. The van der Waals surface area contributed by atoms with Crippen LogP contribution in [0.4, 0.5) is 13.2 Å². The predicted octanol–water partition coefficient (Wildman–Crippen LogP) is 1.63. The highest BCUT2D eigenvalue weighted by Crippen LogP contribution is 2.29. The first kappa shape index (κ1) is 21.7. The number of nitrogens with zero attached hydrogens (tertiary/aromatic N) is 3. The number of hydrogen-bond acceptors (Lipinski definition) is 5. The third-order valence-electron chi connectivity index (χ3n) is 5.95. The minimum atomic E-state index is -1.08. The summed E-state index contributed by atoms with van der Waals surface area (Å²) < 4.78 is 41.6. The second kappa shape index (κ2) is 8.21. The van der Waals surface area contributed by atoms with Crippen LogP contribution in [0.1, 0.15) is 46.2 Å². The molecule has 1 aromatic carbocycles. The lowest BCUT2D eigenvalue weighted by Crippen LogP contribution is -2.58. The van der Waals surface area contributed by atoms with Crippen LogP contribution in [0, 0.1) is 11.6 Å². The van der Waals surface area contributed by atoms with Gasteiger partial charge >= 0.3 is 0 Å². The quantitative estimate of drug-likeness (QED) is 0.739. The first-order chi connectivity index (χ1) is 15.2. The Morgan fingerprint density at radius 3 is 2.69 bits per heavy atom. The number of fused-ring (bicyclic) bond motifs is 4. The Morgan fingerprint density at radius 1 is 1.25 bits per heavy atom. The van der Waals surface area contributed by atoms with Gasteiger partial charge in [-0.2, -0.15) is 0 Å². The van der Waals surface area contributed by atoms with E-state index in [-0.39, 0.29) is 30.5 Å². The first-order valence-corrected chi connectivity index (χ1v) is 10.1. The van der Waals surface area contributed by atoms with Gasteiger partial charge in [0.05, 0.1) is 6.04 Å². The van der Waals surface area contributed by atoms with Crippen molar-refractivity contribution in [2.45, 2.75) is 38.4 Å². The SMILES string of the molecule is C[C@@H]1CC[C@H](CF)N2CN1n1cc(C(=O)NCc3ccc(F)cc3F)c(=O)c(O)c1C2=O. The second-order valence-electron chi connectivity index (χ2n) is 7.92. The highest BCUT2D eigenvalue weighted by molar-refractivity contribution is 5.99. The van der Waals surface area contributed by atoms with Gasteiger partial charge in [0.2, 0.25) is 5.43 Å². The fourth-order valence-electron chi connectivity index (χ4n) is 4.04. The smallest absolute Gasteiger partial charge is 0.278 e. The monoisotopic (exact) mass is 450 g/mol. The van der Waals surface area contributed by atoms with E-state index >= 15 is 0 Å². The fraction of sp³-hybridized carbons (Fsp3) is 0.381. The molecule has 4 rings (SSSR count). The summed E-state index contributed by atoms with van der Waals surface area (Å²) in [4.78, 5) is 39.5. The summed E-state index contributed by atoms with van der Waals surface area (Å²) in [5.74, 6) is -4.15. The lowest BCUT2D eigenvalue weighted by molar-refractivity contribution is 0.0581. The van der Waals surface area contributed by atoms with Crippen molar-refractivity contribution in [2.24, 2.45) is 0 Å². The number of rotatable bonds is 4. The Balaban J connectivity index is 1.69. The second-order valence-corrected chi connectivity index (χ2v) is 7.92. The third-order valence-corrected chi connectivity index (χ3v) is 5.95. The largest absolute Gasteiger partial charge is 0.502 e. The highest BCUT2D eigenvalue weighted by Gasteiger charge is 2.41. The van der Waals surface area contributed by atoms with Crippen LogP contribution in [0.3, 0.4) is 0 Å². The Morgan fingerprint density at radius 2 is 2.00 bits per heavy atom. The number of aromatic nitrogens is 1. The summed E-state index contributed by atoms with van der Waals surface area (Å²) in [6, 6.07) is 2.02. The van der Waals surface area contributed by atoms with E-state index in [1.807, 2.05) is 6.92 Å². The van der Waals surface area contributed by atoms with Crippen LogP contribution in [-0.4, -0.2) is 51.9 Å². The van der Waals surface area contributed by atoms with Crippen LogP contribution >= 0.6 is 0 Å². The minimum absolute atomic E-state index is 0.00579. The molecule has 170 valence electrons. The molecule has 2 bridgehead atoms. The van der Waals surface area contributed by atoms with Crippen LogP contribution in [0.25, 0.3) is 0 Å². The number of alkyl halides is 1. The molecule has 0 unspecified atom stereocenters. The van der Waals surface area contributed by atoms with Crippen molar-refractivity contribution in [1.29, 1.82) is 0 Å². The van der Waals surface area contributed by atoms with Crippen LogP contribution in [0.5, 0.6) is 5.75 Å². The molecule has 1 fully saturated rings. The summed E-state index contributed by atoms with van der Waals surface area (Å²) in [7, 11) is 0. The molecule has 2 N–H and O–H groups in total. The molecule has 1 saturated heterocycles. The van der Waals surface area contributed by atoms with Gasteiger partial charge in [-0.3, -0.25) is 24.1 Å². The maximum atomic E-state index is 13.8. The molecule has 32 heavy (non-hydrogen) atoms. The molecule has 2 aliphatic heterocycles. The molecule has 2 amide bonds. The van der Waals surface area contributed by atoms with Crippen molar-refractivity contribution in [3.63, 3.8) is 0 Å².